The van der Waals surface area contributed by atoms with Crippen molar-refractivity contribution in [2.75, 3.05) is 0 Å². The molecule has 0 aromatic heterocycles. The highest BCUT2D eigenvalue weighted by Crippen LogP contribution is 2.39. The molecule has 1 aliphatic carbocycles. The van der Waals surface area contributed by atoms with Crippen molar-refractivity contribution in [1.29, 1.82) is 0 Å². The van der Waals surface area contributed by atoms with Gasteiger partial charge in [-0.3, -0.25) is 4.79 Å². The lowest BCUT2D eigenvalue weighted by Crippen LogP contribution is -2.17. The highest BCUT2D eigenvalue weighted by molar-refractivity contribution is 5.73. The summed E-state index contributed by atoms with van der Waals surface area (Å²) in [5.74, 6) is -3.85. The van der Waals surface area contributed by atoms with Crippen molar-refractivity contribution < 1.29 is 18.3 Å². The van der Waals surface area contributed by atoms with E-state index in [4.69, 9.17) is 4.74 Å². The lowest BCUT2D eigenvalue weighted by molar-refractivity contribution is -0.150. The van der Waals surface area contributed by atoms with Crippen molar-refractivity contribution in [1.82, 2.24) is 0 Å². The predicted octanol–water partition coefficient (Wildman–Crippen LogP) is 3.17. The van der Waals surface area contributed by atoms with Crippen LogP contribution in [0.25, 0.3) is 0 Å². The Morgan fingerprint density at radius 1 is 1.35 bits per heavy atom. The molecule has 2 nitrogen and oxygen atoms in total. The van der Waals surface area contributed by atoms with Crippen LogP contribution in [0.15, 0.2) is 30.3 Å². The van der Waals surface area contributed by atoms with Crippen LogP contribution in [-0.4, -0.2) is 11.9 Å². The molecule has 1 aromatic rings. The fraction of sp³-hybridized carbons (Fsp3) is 0.462. The SMILES string of the molecule is O=C(OCc1ccccc1)[C@@H]1CCC(F)(F)C1. The van der Waals surface area contributed by atoms with Gasteiger partial charge in [0.2, 0.25) is 5.92 Å². The molecular formula is C13H14F2O2. The van der Waals surface area contributed by atoms with Gasteiger partial charge in [-0.1, -0.05) is 30.3 Å². The fourth-order valence-electron chi connectivity index (χ4n) is 2.00. The number of carbonyl (C=O) groups excluding carboxylic acids is 1. The van der Waals surface area contributed by atoms with Gasteiger partial charge in [-0.15, -0.1) is 0 Å². The highest BCUT2D eigenvalue weighted by Gasteiger charge is 2.43. The summed E-state index contributed by atoms with van der Waals surface area (Å²) >= 11 is 0. The van der Waals surface area contributed by atoms with Gasteiger partial charge in [0.25, 0.3) is 0 Å². The Morgan fingerprint density at radius 2 is 2.06 bits per heavy atom. The van der Waals surface area contributed by atoms with Gasteiger partial charge in [-0.25, -0.2) is 8.78 Å². The first kappa shape index (κ1) is 12.0. The largest absolute Gasteiger partial charge is 0.461 e. The Balaban J connectivity index is 1.83. The molecule has 1 atom stereocenters. The first-order valence-electron chi connectivity index (χ1n) is 5.65. The van der Waals surface area contributed by atoms with E-state index < -0.39 is 17.8 Å². The number of esters is 1. The van der Waals surface area contributed by atoms with E-state index in [1.165, 1.54) is 0 Å². The zero-order valence-corrected chi connectivity index (χ0v) is 9.36. The maximum absolute atomic E-state index is 12.9. The summed E-state index contributed by atoms with van der Waals surface area (Å²) in [4.78, 5) is 11.6. The summed E-state index contributed by atoms with van der Waals surface area (Å²) in [6.07, 6.45) is -0.362. The van der Waals surface area contributed by atoms with Crippen molar-refractivity contribution in [2.45, 2.75) is 31.8 Å². The molecule has 0 aliphatic heterocycles. The van der Waals surface area contributed by atoms with Crippen molar-refractivity contribution in [2.24, 2.45) is 5.92 Å². The third-order valence-corrected chi connectivity index (χ3v) is 2.96. The number of hydrogen-bond acceptors (Lipinski definition) is 2. The van der Waals surface area contributed by atoms with E-state index in [0.29, 0.717) is 0 Å². The molecule has 0 radical (unpaired) electrons. The lowest BCUT2D eigenvalue weighted by Gasteiger charge is -2.10. The third kappa shape index (κ3) is 3.25. The van der Waals surface area contributed by atoms with Crippen LogP contribution in [0.4, 0.5) is 8.78 Å². The van der Waals surface area contributed by atoms with E-state index in [9.17, 15) is 13.6 Å². The van der Waals surface area contributed by atoms with Gasteiger partial charge in [0.05, 0.1) is 5.92 Å². The van der Waals surface area contributed by atoms with Crippen LogP contribution in [0.2, 0.25) is 0 Å². The number of benzene rings is 1. The van der Waals surface area contributed by atoms with Crippen LogP contribution >= 0.6 is 0 Å². The fourth-order valence-corrected chi connectivity index (χ4v) is 2.00. The Kier molecular flexibility index (Phi) is 3.41. The number of alkyl halides is 2. The second-order valence-electron chi connectivity index (χ2n) is 4.39. The topological polar surface area (TPSA) is 26.3 Å². The monoisotopic (exact) mass is 240 g/mol. The molecule has 0 spiro atoms. The second-order valence-corrected chi connectivity index (χ2v) is 4.39. The van der Waals surface area contributed by atoms with Gasteiger partial charge in [0, 0.05) is 12.8 Å². The number of rotatable bonds is 3. The Bertz CT molecular complexity index is 390. The van der Waals surface area contributed by atoms with Crippen molar-refractivity contribution in [3.05, 3.63) is 35.9 Å². The number of ether oxygens (including phenoxy) is 1. The van der Waals surface area contributed by atoms with Crippen LogP contribution < -0.4 is 0 Å². The van der Waals surface area contributed by atoms with Crippen LogP contribution in [0.1, 0.15) is 24.8 Å². The van der Waals surface area contributed by atoms with Crippen molar-refractivity contribution in [3.8, 4) is 0 Å². The standard InChI is InChI=1S/C13H14F2O2/c14-13(15)7-6-11(8-13)12(16)17-9-10-4-2-1-3-5-10/h1-5,11H,6-9H2/t11-/m1/s1. The normalized spacial score (nSPS) is 22.4. The molecular weight excluding hydrogens is 226 g/mol. The molecule has 17 heavy (non-hydrogen) atoms. The summed E-state index contributed by atoms with van der Waals surface area (Å²) in [5, 5.41) is 0. The minimum atomic E-state index is -2.70. The number of halogens is 2. The van der Waals surface area contributed by atoms with E-state index in [1.54, 1.807) is 0 Å². The average molecular weight is 240 g/mol. The van der Waals surface area contributed by atoms with Crippen molar-refractivity contribution in [3.63, 3.8) is 0 Å². The minimum Gasteiger partial charge on any atom is -0.461 e. The van der Waals surface area contributed by atoms with Crippen molar-refractivity contribution >= 4 is 5.97 Å². The molecule has 0 N–H and O–H groups in total. The summed E-state index contributed by atoms with van der Waals surface area (Å²) in [6, 6.07) is 9.20. The van der Waals surface area contributed by atoms with Gasteiger partial charge in [-0.05, 0) is 12.0 Å². The minimum absolute atomic E-state index is 0.155. The van der Waals surface area contributed by atoms with E-state index >= 15 is 0 Å². The third-order valence-electron chi connectivity index (χ3n) is 2.96. The maximum atomic E-state index is 12.9. The first-order chi connectivity index (χ1) is 8.07. The Morgan fingerprint density at radius 3 is 2.65 bits per heavy atom. The molecule has 0 heterocycles. The van der Waals surface area contributed by atoms with E-state index in [2.05, 4.69) is 0 Å². The number of hydrogen-bond donors (Lipinski definition) is 0. The molecule has 0 unspecified atom stereocenters. The molecule has 2 rings (SSSR count). The summed E-state index contributed by atoms with van der Waals surface area (Å²) in [7, 11) is 0. The Labute approximate surface area is 98.6 Å². The van der Waals surface area contributed by atoms with Crippen LogP contribution in [0.3, 0.4) is 0 Å². The summed E-state index contributed by atoms with van der Waals surface area (Å²) in [5.41, 5.74) is 0.866. The van der Waals surface area contributed by atoms with Gasteiger partial charge in [0.1, 0.15) is 6.61 Å². The molecule has 0 amide bonds. The van der Waals surface area contributed by atoms with Gasteiger partial charge < -0.3 is 4.74 Å². The molecule has 0 bridgehead atoms. The summed E-state index contributed by atoms with van der Waals surface area (Å²) in [6.45, 7) is 0.155. The van der Waals surface area contributed by atoms with Gasteiger partial charge in [0.15, 0.2) is 0 Å². The highest BCUT2D eigenvalue weighted by atomic mass is 19.3. The molecule has 0 saturated heterocycles. The zero-order valence-electron chi connectivity index (χ0n) is 9.36. The predicted molar refractivity (Wildman–Crippen MR) is 58.5 cm³/mol. The van der Waals surface area contributed by atoms with Gasteiger partial charge in [-0.2, -0.15) is 0 Å². The number of carbonyl (C=O) groups is 1. The molecule has 1 fully saturated rings. The van der Waals surface area contributed by atoms with Crippen LogP contribution in [-0.2, 0) is 16.1 Å². The van der Waals surface area contributed by atoms with E-state index in [0.717, 1.165) is 5.56 Å². The average Bonchev–Trinajstić information content (AvgIpc) is 2.68. The molecule has 92 valence electrons. The molecule has 1 aromatic carbocycles. The molecule has 1 aliphatic rings. The summed E-state index contributed by atoms with van der Waals surface area (Å²) < 4.78 is 30.9. The Hall–Kier alpha value is -1.45. The zero-order chi connectivity index (χ0) is 12.3. The molecule has 1 saturated carbocycles. The lowest BCUT2D eigenvalue weighted by atomic mass is 10.1. The van der Waals surface area contributed by atoms with Crippen LogP contribution in [0.5, 0.6) is 0 Å². The first-order valence-corrected chi connectivity index (χ1v) is 5.65. The second kappa shape index (κ2) is 4.82. The maximum Gasteiger partial charge on any atom is 0.309 e. The smallest absolute Gasteiger partial charge is 0.309 e. The molecule has 4 heteroatoms. The van der Waals surface area contributed by atoms with E-state index in [1.807, 2.05) is 30.3 Å². The van der Waals surface area contributed by atoms with E-state index in [-0.39, 0.29) is 25.9 Å². The quantitative estimate of drug-likeness (QED) is 0.758. The van der Waals surface area contributed by atoms with Gasteiger partial charge >= 0.3 is 5.97 Å². The van der Waals surface area contributed by atoms with Crippen LogP contribution in [0, 0.1) is 5.92 Å².